The van der Waals surface area contributed by atoms with Gasteiger partial charge in [-0.15, -0.1) is 5.10 Å². The quantitative estimate of drug-likeness (QED) is 0.786. The standard InChI is InChI=1S/C15H22N4O2/c1-8(16-12-13(20)17-14(21)19-18-12)15-5-9-2-10(6-15)4-11(3-9)7-15/h8-11H,2-7H2,1H3,(H,16,18)(H2,17,19,20,21). The Kier molecular flexibility index (Phi) is 2.78. The Morgan fingerprint density at radius 2 is 1.71 bits per heavy atom. The number of hydrogen-bond acceptors (Lipinski definition) is 4. The van der Waals surface area contributed by atoms with Gasteiger partial charge in [-0.05, 0) is 68.6 Å². The normalized spacial score (nSPS) is 38.4. The molecule has 4 bridgehead atoms. The SMILES string of the molecule is CC(Nc1n[nH]c(=O)[nH]c1=O)C12CC3CC(CC(C3)C1)C2. The van der Waals surface area contributed by atoms with E-state index in [1.54, 1.807) is 0 Å². The molecule has 1 atom stereocenters. The van der Waals surface area contributed by atoms with Crippen LogP contribution in [0.25, 0.3) is 0 Å². The van der Waals surface area contributed by atoms with Gasteiger partial charge in [-0.1, -0.05) is 0 Å². The lowest BCUT2D eigenvalue weighted by molar-refractivity contribution is -0.0603. The number of rotatable bonds is 3. The molecule has 1 heterocycles. The molecule has 0 saturated heterocycles. The van der Waals surface area contributed by atoms with Crippen molar-refractivity contribution in [3.05, 3.63) is 20.8 Å². The predicted octanol–water partition coefficient (Wildman–Crippen LogP) is 1.47. The van der Waals surface area contributed by atoms with Crippen molar-refractivity contribution in [2.75, 3.05) is 5.32 Å². The van der Waals surface area contributed by atoms with E-state index in [2.05, 4.69) is 27.4 Å². The van der Waals surface area contributed by atoms with Crippen LogP contribution in [-0.4, -0.2) is 21.2 Å². The van der Waals surface area contributed by atoms with Crippen LogP contribution in [0.1, 0.15) is 45.4 Å². The summed E-state index contributed by atoms with van der Waals surface area (Å²) in [6, 6.07) is 0.213. The van der Waals surface area contributed by atoms with Crippen LogP contribution in [0.4, 0.5) is 5.82 Å². The van der Waals surface area contributed by atoms with Crippen LogP contribution in [0.5, 0.6) is 0 Å². The summed E-state index contributed by atoms with van der Waals surface area (Å²) in [7, 11) is 0. The molecule has 4 saturated carbocycles. The van der Waals surface area contributed by atoms with Crippen LogP contribution < -0.4 is 16.6 Å². The van der Waals surface area contributed by atoms with Crippen LogP contribution in [0, 0.1) is 23.2 Å². The van der Waals surface area contributed by atoms with Gasteiger partial charge in [0.15, 0.2) is 0 Å². The second-order valence-electron chi connectivity index (χ2n) is 7.50. The minimum absolute atomic E-state index is 0.213. The van der Waals surface area contributed by atoms with E-state index in [9.17, 15) is 9.59 Å². The summed E-state index contributed by atoms with van der Waals surface area (Å²) in [6.07, 6.45) is 8.04. The zero-order valence-electron chi connectivity index (χ0n) is 12.3. The molecule has 4 fully saturated rings. The Labute approximate surface area is 122 Å². The van der Waals surface area contributed by atoms with Crippen molar-refractivity contribution in [1.82, 2.24) is 15.2 Å². The predicted molar refractivity (Wildman–Crippen MR) is 79.2 cm³/mol. The van der Waals surface area contributed by atoms with E-state index in [0.717, 1.165) is 17.8 Å². The van der Waals surface area contributed by atoms with Gasteiger partial charge in [0.05, 0.1) is 0 Å². The molecular weight excluding hydrogens is 268 g/mol. The average Bonchev–Trinajstić information content (AvgIpc) is 2.40. The van der Waals surface area contributed by atoms with Crippen molar-refractivity contribution in [3.63, 3.8) is 0 Å². The molecule has 1 aromatic heterocycles. The molecule has 1 aromatic rings. The number of anilines is 1. The van der Waals surface area contributed by atoms with Crippen LogP contribution in [0.15, 0.2) is 9.59 Å². The third-order valence-electron chi connectivity index (χ3n) is 6.07. The molecule has 6 nitrogen and oxygen atoms in total. The summed E-state index contributed by atoms with van der Waals surface area (Å²) >= 11 is 0. The zero-order chi connectivity index (χ0) is 14.6. The van der Waals surface area contributed by atoms with E-state index < -0.39 is 11.2 Å². The summed E-state index contributed by atoms with van der Waals surface area (Å²) in [5, 5.41) is 9.42. The summed E-state index contributed by atoms with van der Waals surface area (Å²) in [5.41, 5.74) is -0.692. The number of aromatic nitrogens is 3. The highest BCUT2D eigenvalue weighted by Crippen LogP contribution is 2.61. The number of nitrogens with zero attached hydrogens (tertiary/aromatic N) is 1. The fourth-order valence-electron chi connectivity index (χ4n) is 5.51. The third-order valence-corrected chi connectivity index (χ3v) is 6.07. The van der Waals surface area contributed by atoms with Gasteiger partial charge in [-0.2, -0.15) is 0 Å². The number of nitrogens with one attached hydrogen (secondary N) is 3. The van der Waals surface area contributed by atoms with Crippen LogP contribution >= 0.6 is 0 Å². The molecule has 0 aromatic carbocycles. The van der Waals surface area contributed by atoms with Crippen molar-refractivity contribution in [2.45, 2.75) is 51.5 Å². The van der Waals surface area contributed by atoms with Crippen molar-refractivity contribution in [2.24, 2.45) is 23.2 Å². The van der Waals surface area contributed by atoms with Crippen molar-refractivity contribution in [3.8, 4) is 0 Å². The zero-order valence-corrected chi connectivity index (χ0v) is 12.3. The van der Waals surface area contributed by atoms with Gasteiger partial charge in [0.25, 0.3) is 5.56 Å². The maximum absolute atomic E-state index is 11.8. The van der Waals surface area contributed by atoms with Gasteiger partial charge < -0.3 is 5.32 Å². The fraction of sp³-hybridized carbons (Fsp3) is 0.800. The maximum atomic E-state index is 11.8. The van der Waals surface area contributed by atoms with E-state index in [4.69, 9.17) is 0 Å². The first kappa shape index (κ1) is 13.1. The molecule has 5 rings (SSSR count). The van der Waals surface area contributed by atoms with E-state index in [-0.39, 0.29) is 11.9 Å². The second-order valence-corrected chi connectivity index (χ2v) is 7.50. The van der Waals surface area contributed by atoms with Crippen molar-refractivity contribution >= 4 is 5.82 Å². The van der Waals surface area contributed by atoms with Gasteiger partial charge >= 0.3 is 5.69 Å². The molecule has 4 aliphatic rings. The van der Waals surface area contributed by atoms with Crippen LogP contribution in [0.3, 0.4) is 0 Å². The Hall–Kier alpha value is -1.59. The number of hydrogen-bond donors (Lipinski definition) is 3. The van der Waals surface area contributed by atoms with Gasteiger partial charge in [0.1, 0.15) is 0 Å². The summed E-state index contributed by atoms with van der Waals surface area (Å²) in [6.45, 7) is 2.17. The second kappa shape index (κ2) is 4.45. The largest absolute Gasteiger partial charge is 0.361 e. The third kappa shape index (κ3) is 2.12. The first-order valence-electron chi connectivity index (χ1n) is 8.00. The van der Waals surface area contributed by atoms with E-state index >= 15 is 0 Å². The minimum atomic E-state index is -0.562. The molecule has 3 N–H and O–H groups in total. The fourth-order valence-corrected chi connectivity index (χ4v) is 5.51. The lowest BCUT2D eigenvalue weighted by Gasteiger charge is -2.59. The van der Waals surface area contributed by atoms with Gasteiger partial charge in [-0.25, -0.2) is 9.89 Å². The van der Waals surface area contributed by atoms with Crippen molar-refractivity contribution < 1.29 is 0 Å². The number of aromatic amines is 2. The molecule has 0 amide bonds. The topological polar surface area (TPSA) is 90.6 Å². The molecule has 0 aliphatic heterocycles. The molecule has 0 spiro atoms. The van der Waals surface area contributed by atoms with Gasteiger partial charge in [0.2, 0.25) is 5.82 Å². The molecule has 1 unspecified atom stereocenters. The Balaban J connectivity index is 1.58. The smallest absolute Gasteiger partial charge is 0.342 e. The Morgan fingerprint density at radius 3 is 2.24 bits per heavy atom. The molecule has 4 aliphatic carbocycles. The lowest BCUT2D eigenvalue weighted by Crippen LogP contribution is -2.53. The Morgan fingerprint density at radius 1 is 1.14 bits per heavy atom. The van der Waals surface area contributed by atoms with Gasteiger partial charge in [0, 0.05) is 6.04 Å². The summed E-state index contributed by atoms with van der Waals surface area (Å²) in [4.78, 5) is 25.1. The molecule has 114 valence electrons. The van der Waals surface area contributed by atoms with Crippen LogP contribution in [0.2, 0.25) is 0 Å². The highest BCUT2D eigenvalue weighted by atomic mass is 16.2. The number of H-pyrrole nitrogens is 2. The molecule has 21 heavy (non-hydrogen) atoms. The first-order chi connectivity index (χ1) is 10.0. The van der Waals surface area contributed by atoms with E-state index in [0.29, 0.717) is 5.41 Å². The van der Waals surface area contributed by atoms with Gasteiger partial charge in [-0.3, -0.25) is 9.78 Å². The van der Waals surface area contributed by atoms with E-state index in [1.807, 2.05) is 0 Å². The molecular formula is C15H22N4O2. The minimum Gasteiger partial charge on any atom is -0.361 e. The Bertz CT molecular complexity index is 627. The van der Waals surface area contributed by atoms with E-state index in [1.165, 1.54) is 38.5 Å². The van der Waals surface area contributed by atoms with Crippen LogP contribution in [-0.2, 0) is 0 Å². The molecule has 0 radical (unpaired) electrons. The monoisotopic (exact) mass is 290 g/mol. The summed E-state index contributed by atoms with van der Waals surface area (Å²) in [5.74, 6) is 2.87. The van der Waals surface area contributed by atoms with Crippen molar-refractivity contribution in [1.29, 1.82) is 0 Å². The average molecular weight is 290 g/mol. The highest BCUT2D eigenvalue weighted by Gasteiger charge is 2.53. The highest BCUT2D eigenvalue weighted by molar-refractivity contribution is 5.31. The first-order valence-corrected chi connectivity index (χ1v) is 8.00. The maximum Gasteiger partial charge on any atom is 0.342 e. The lowest BCUT2D eigenvalue weighted by atomic mass is 9.48. The summed E-state index contributed by atoms with van der Waals surface area (Å²) < 4.78 is 0. The molecule has 6 heteroatoms.